The molecule has 0 bridgehead atoms. The largest absolute Gasteiger partial charge is 0.465 e. The Bertz CT molecular complexity index is 699. The molecule has 0 radical (unpaired) electrons. The zero-order valence-electron chi connectivity index (χ0n) is 10.5. The van der Waals surface area contributed by atoms with Gasteiger partial charge in [-0.2, -0.15) is 0 Å². The molecule has 0 N–H and O–H groups in total. The summed E-state index contributed by atoms with van der Waals surface area (Å²) in [6.45, 7) is 0. The SMILES string of the molecule is COC(=O)c1ccsc1N1C(=O)c2ccccc2C1=O. The lowest BCUT2D eigenvalue weighted by Crippen LogP contribution is -2.30. The zero-order chi connectivity index (χ0) is 14.3. The Morgan fingerprint density at radius 2 is 1.70 bits per heavy atom. The molecule has 1 aromatic heterocycles. The van der Waals surface area contributed by atoms with Crippen molar-refractivity contribution in [3.05, 3.63) is 52.4 Å². The number of rotatable bonds is 2. The lowest BCUT2D eigenvalue weighted by molar-refractivity contribution is 0.0602. The summed E-state index contributed by atoms with van der Waals surface area (Å²) in [5, 5.41) is 1.94. The number of amides is 2. The Hall–Kier alpha value is -2.47. The second-order valence-electron chi connectivity index (χ2n) is 4.12. The summed E-state index contributed by atoms with van der Waals surface area (Å²) < 4.78 is 4.66. The van der Waals surface area contributed by atoms with Crippen LogP contribution in [0.25, 0.3) is 0 Å². The van der Waals surface area contributed by atoms with Crippen LogP contribution in [0, 0.1) is 0 Å². The predicted octanol–water partition coefficient (Wildman–Crippen LogP) is 2.34. The molecule has 2 heterocycles. The fourth-order valence-corrected chi connectivity index (χ4v) is 3.00. The molecule has 100 valence electrons. The number of esters is 1. The van der Waals surface area contributed by atoms with Crippen LogP contribution in [0.5, 0.6) is 0 Å². The third-order valence-corrected chi connectivity index (χ3v) is 3.95. The quantitative estimate of drug-likeness (QED) is 0.628. The number of ether oxygens (including phenoxy) is 1. The van der Waals surface area contributed by atoms with E-state index in [1.54, 1.807) is 29.6 Å². The van der Waals surface area contributed by atoms with Crippen molar-refractivity contribution in [2.45, 2.75) is 0 Å². The topological polar surface area (TPSA) is 63.7 Å². The summed E-state index contributed by atoms with van der Waals surface area (Å²) >= 11 is 1.15. The minimum Gasteiger partial charge on any atom is -0.465 e. The molecular weight excluding hydrogens is 278 g/mol. The van der Waals surface area contributed by atoms with E-state index in [9.17, 15) is 14.4 Å². The molecule has 3 rings (SSSR count). The summed E-state index contributed by atoms with van der Waals surface area (Å²) in [4.78, 5) is 37.4. The van der Waals surface area contributed by atoms with Crippen LogP contribution < -0.4 is 4.90 Å². The van der Waals surface area contributed by atoms with E-state index in [0.717, 1.165) is 16.2 Å². The van der Waals surface area contributed by atoms with Gasteiger partial charge in [-0.1, -0.05) is 12.1 Å². The van der Waals surface area contributed by atoms with Gasteiger partial charge in [-0.05, 0) is 23.6 Å². The van der Waals surface area contributed by atoms with Gasteiger partial charge in [-0.15, -0.1) is 11.3 Å². The number of carbonyl (C=O) groups is 3. The van der Waals surface area contributed by atoms with Crippen molar-refractivity contribution >= 4 is 34.1 Å². The highest BCUT2D eigenvalue weighted by Gasteiger charge is 2.38. The Kier molecular flexibility index (Phi) is 2.87. The highest BCUT2D eigenvalue weighted by Crippen LogP contribution is 2.34. The average molecular weight is 287 g/mol. The van der Waals surface area contributed by atoms with Crippen LogP contribution in [-0.4, -0.2) is 24.9 Å². The molecule has 5 nitrogen and oxygen atoms in total. The van der Waals surface area contributed by atoms with E-state index in [-0.39, 0.29) is 5.56 Å². The molecule has 2 amide bonds. The zero-order valence-corrected chi connectivity index (χ0v) is 11.3. The number of nitrogens with zero attached hydrogens (tertiary/aromatic N) is 1. The Morgan fingerprint density at radius 1 is 1.10 bits per heavy atom. The number of hydrogen-bond acceptors (Lipinski definition) is 5. The standard InChI is InChI=1S/C14H9NO4S/c1-19-14(18)10-6-7-20-13(10)15-11(16)8-4-2-3-5-9(8)12(15)17/h2-7H,1H3. The molecule has 0 aliphatic carbocycles. The molecule has 0 spiro atoms. The first kappa shape index (κ1) is 12.6. The summed E-state index contributed by atoms with van der Waals surface area (Å²) in [5.74, 6) is -1.41. The first-order chi connectivity index (χ1) is 9.65. The second kappa shape index (κ2) is 4.57. The molecule has 0 atom stereocenters. The van der Waals surface area contributed by atoms with E-state index >= 15 is 0 Å². The molecule has 0 saturated carbocycles. The lowest BCUT2D eigenvalue weighted by Gasteiger charge is -2.13. The fourth-order valence-electron chi connectivity index (χ4n) is 2.11. The maximum Gasteiger partial charge on any atom is 0.340 e. The second-order valence-corrected chi connectivity index (χ2v) is 5.02. The van der Waals surface area contributed by atoms with Crippen LogP contribution in [0.15, 0.2) is 35.7 Å². The van der Waals surface area contributed by atoms with Crippen molar-refractivity contribution < 1.29 is 19.1 Å². The van der Waals surface area contributed by atoms with Crippen molar-refractivity contribution in [3.8, 4) is 0 Å². The van der Waals surface area contributed by atoms with Gasteiger partial charge < -0.3 is 4.74 Å². The number of anilines is 1. The number of fused-ring (bicyclic) bond motifs is 1. The van der Waals surface area contributed by atoms with Crippen LogP contribution in [-0.2, 0) is 4.74 Å². The maximum atomic E-state index is 12.3. The Labute approximate surface area is 118 Å². The van der Waals surface area contributed by atoms with Crippen molar-refractivity contribution in [1.29, 1.82) is 0 Å². The van der Waals surface area contributed by atoms with E-state index in [2.05, 4.69) is 4.74 Å². The molecule has 1 aromatic carbocycles. The third-order valence-electron chi connectivity index (χ3n) is 3.05. The van der Waals surface area contributed by atoms with Gasteiger partial charge in [-0.3, -0.25) is 9.59 Å². The molecule has 1 aliphatic heterocycles. The number of methoxy groups -OCH3 is 1. The maximum absolute atomic E-state index is 12.3. The van der Waals surface area contributed by atoms with Gasteiger partial charge in [0.15, 0.2) is 0 Å². The Balaban J connectivity index is 2.10. The third kappa shape index (κ3) is 1.65. The first-order valence-corrected chi connectivity index (χ1v) is 6.66. The smallest absolute Gasteiger partial charge is 0.340 e. The molecule has 0 unspecified atom stereocenters. The number of carbonyl (C=O) groups excluding carboxylic acids is 3. The van der Waals surface area contributed by atoms with E-state index in [1.807, 2.05) is 0 Å². The van der Waals surface area contributed by atoms with Crippen LogP contribution >= 0.6 is 11.3 Å². The van der Waals surface area contributed by atoms with Gasteiger partial charge in [0.25, 0.3) is 11.8 Å². The summed E-state index contributed by atoms with van der Waals surface area (Å²) in [6, 6.07) is 8.13. The minimum atomic E-state index is -0.571. The van der Waals surface area contributed by atoms with Crippen LogP contribution in [0.4, 0.5) is 5.00 Å². The van der Waals surface area contributed by atoms with Crippen LogP contribution in [0.1, 0.15) is 31.1 Å². The van der Waals surface area contributed by atoms with E-state index < -0.39 is 17.8 Å². The van der Waals surface area contributed by atoms with E-state index in [4.69, 9.17) is 0 Å². The van der Waals surface area contributed by atoms with Gasteiger partial charge in [0.05, 0.1) is 23.8 Å². The highest BCUT2D eigenvalue weighted by molar-refractivity contribution is 7.15. The lowest BCUT2D eigenvalue weighted by atomic mass is 10.1. The summed E-state index contributed by atoms with van der Waals surface area (Å²) in [5.41, 5.74) is 0.912. The van der Waals surface area contributed by atoms with Crippen molar-refractivity contribution in [2.24, 2.45) is 0 Å². The summed E-state index contributed by atoms with van der Waals surface area (Å²) in [7, 11) is 1.26. The van der Waals surface area contributed by atoms with Crippen molar-refractivity contribution in [3.63, 3.8) is 0 Å². The number of hydrogen-bond donors (Lipinski definition) is 0. The van der Waals surface area contributed by atoms with E-state index in [0.29, 0.717) is 16.1 Å². The molecule has 6 heteroatoms. The fraction of sp³-hybridized carbons (Fsp3) is 0.0714. The molecule has 0 saturated heterocycles. The van der Waals surface area contributed by atoms with Gasteiger partial charge >= 0.3 is 5.97 Å². The molecule has 0 fully saturated rings. The van der Waals surface area contributed by atoms with Gasteiger partial charge in [0.2, 0.25) is 0 Å². The minimum absolute atomic E-state index is 0.215. The molecular formula is C14H9NO4S. The normalized spacial score (nSPS) is 13.6. The van der Waals surface area contributed by atoms with Crippen molar-refractivity contribution in [1.82, 2.24) is 0 Å². The van der Waals surface area contributed by atoms with Crippen LogP contribution in [0.2, 0.25) is 0 Å². The number of benzene rings is 1. The van der Waals surface area contributed by atoms with Gasteiger partial charge in [0.1, 0.15) is 5.00 Å². The monoisotopic (exact) mass is 287 g/mol. The molecule has 1 aliphatic rings. The molecule has 20 heavy (non-hydrogen) atoms. The highest BCUT2D eigenvalue weighted by atomic mass is 32.1. The predicted molar refractivity (Wildman–Crippen MR) is 73.2 cm³/mol. The number of imide groups is 1. The first-order valence-electron chi connectivity index (χ1n) is 5.78. The van der Waals surface area contributed by atoms with Gasteiger partial charge in [0, 0.05) is 0 Å². The average Bonchev–Trinajstić information content (AvgIpc) is 3.03. The summed E-state index contributed by atoms with van der Waals surface area (Å²) in [6.07, 6.45) is 0. The number of thiophene rings is 1. The molecule has 2 aromatic rings. The van der Waals surface area contributed by atoms with Crippen molar-refractivity contribution in [2.75, 3.05) is 12.0 Å². The van der Waals surface area contributed by atoms with E-state index in [1.165, 1.54) is 13.2 Å². The van der Waals surface area contributed by atoms with Gasteiger partial charge in [-0.25, -0.2) is 9.69 Å². The Morgan fingerprint density at radius 3 is 2.25 bits per heavy atom. The van der Waals surface area contributed by atoms with Crippen LogP contribution in [0.3, 0.4) is 0 Å².